The lowest BCUT2D eigenvalue weighted by Crippen LogP contribution is -2.15. The Kier molecular flexibility index (Phi) is 4.24. The summed E-state index contributed by atoms with van der Waals surface area (Å²) in [7, 11) is 0. The molecule has 0 aliphatic carbocycles. The second-order valence-corrected chi connectivity index (χ2v) is 5.76. The molecule has 0 spiro atoms. The fourth-order valence-electron chi connectivity index (χ4n) is 2.69. The molecule has 0 bridgehead atoms. The van der Waals surface area contributed by atoms with E-state index < -0.39 is 5.82 Å². The van der Waals surface area contributed by atoms with E-state index in [2.05, 4.69) is 20.4 Å². The standard InChI is InChI=1S/C17H18FN5O/c1-10-4-6-15(14(18)8-10)22-16(24)7-5-13-11(2)21-17-19-9-20-23(17)12(13)3/h4,6,8-9H,5,7H2,1-3H3,(H,22,24). The van der Waals surface area contributed by atoms with Gasteiger partial charge in [0.15, 0.2) is 0 Å². The molecular formula is C17H18FN5O. The van der Waals surface area contributed by atoms with Gasteiger partial charge in [0.1, 0.15) is 12.1 Å². The molecule has 0 saturated carbocycles. The summed E-state index contributed by atoms with van der Waals surface area (Å²) >= 11 is 0. The fraction of sp³-hybridized carbons (Fsp3) is 0.294. The lowest BCUT2D eigenvalue weighted by Gasteiger charge is -2.11. The SMILES string of the molecule is Cc1ccc(NC(=O)CCc2c(C)nc3ncnn3c2C)c(F)c1. The lowest BCUT2D eigenvalue weighted by atomic mass is 10.1. The smallest absolute Gasteiger partial charge is 0.252 e. The number of rotatable bonds is 4. The number of nitrogens with zero attached hydrogens (tertiary/aromatic N) is 4. The van der Waals surface area contributed by atoms with E-state index in [1.807, 2.05) is 13.8 Å². The van der Waals surface area contributed by atoms with Crippen molar-refractivity contribution < 1.29 is 9.18 Å². The topological polar surface area (TPSA) is 72.2 Å². The predicted octanol–water partition coefficient (Wildman–Crippen LogP) is 2.76. The summed E-state index contributed by atoms with van der Waals surface area (Å²) in [5.74, 6) is -0.128. The van der Waals surface area contributed by atoms with Gasteiger partial charge >= 0.3 is 0 Å². The van der Waals surface area contributed by atoms with Crippen LogP contribution in [-0.2, 0) is 11.2 Å². The van der Waals surface area contributed by atoms with Crippen LogP contribution in [0.2, 0.25) is 0 Å². The number of aryl methyl sites for hydroxylation is 3. The number of fused-ring (bicyclic) bond motifs is 1. The van der Waals surface area contributed by atoms with Crippen molar-refractivity contribution in [3.8, 4) is 0 Å². The van der Waals surface area contributed by atoms with Crippen molar-refractivity contribution in [2.75, 3.05) is 5.32 Å². The number of carbonyl (C=O) groups is 1. The molecule has 0 saturated heterocycles. The Hall–Kier alpha value is -2.83. The zero-order chi connectivity index (χ0) is 17.3. The molecule has 24 heavy (non-hydrogen) atoms. The molecular weight excluding hydrogens is 309 g/mol. The summed E-state index contributed by atoms with van der Waals surface area (Å²) < 4.78 is 15.5. The number of nitrogens with one attached hydrogen (secondary N) is 1. The van der Waals surface area contributed by atoms with Crippen LogP contribution in [0.4, 0.5) is 10.1 Å². The van der Waals surface area contributed by atoms with Crippen LogP contribution in [0.3, 0.4) is 0 Å². The number of carbonyl (C=O) groups excluding carboxylic acids is 1. The average Bonchev–Trinajstić information content (AvgIpc) is 2.98. The van der Waals surface area contributed by atoms with E-state index >= 15 is 0 Å². The molecule has 6 nitrogen and oxygen atoms in total. The molecule has 1 N–H and O–H groups in total. The van der Waals surface area contributed by atoms with Crippen LogP contribution in [0.1, 0.15) is 28.9 Å². The van der Waals surface area contributed by atoms with E-state index in [4.69, 9.17) is 0 Å². The monoisotopic (exact) mass is 327 g/mol. The minimum Gasteiger partial charge on any atom is -0.324 e. The summed E-state index contributed by atoms with van der Waals surface area (Å²) in [5, 5.41) is 6.74. The maximum atomic E-state index is 13.8. The quantitative estimate of drug-likeness (QED) is 0.800. The molecule has 1 aromatic carbocycles. The first kappa shape index (κ1) is 16.0. The van der Waals surface area contributed by atoms with Gasteiger partial charge in [-0.3, -0.25) is 4.79 Å². The first-order valence-corrected chi connectivity index (χ1v) is 7.67. The average molecular weight is 327 g/mol. The van der Waals surface area contributed by atoms with Crippen LogP contribution in [-0.4, -0.2) is 25.5 Å². The van der Waals surface area contributed by atoms with Crippen molar-refractivity contribution in [2.24, 2.45) is 0 Å². The molecule has 0 radical (unpaired) electrons. The number of benzene rings is 1. The number of amides is 1. The Bertz CT molecular complexity index is 919. The third-order valence-electron chi connectivity index (χ3n) is 3.99. The van der Waals surface area contributed by atoms with E-state index in [1.54, 1.807) is 23.6 Å². The number of hydrogen-bond acceptors (Lipinski definition) is 4. The van der Waals surface area contributed by atoms with Crippen molar-refractivity contribution >= 4 is 17.4 Å². The van der Waals surface area contributed by atoms with Gasteiger partial charge in [0.2, 0.25) is 5.91 Å². The van der Waals surface area contributed by atoms with E-state index in [-0.39, 0.29) is 18.0 Å². The van der Waals surface area contributed by atoms with E-state index in [1.165, 1.54) is 12.4 Å². The molecule has 1 amide bonds. The van der Waals surface area contributed by atoms with Crippen LogP contribution < -0.4 is 5.32 Å². The van der Waals surface area contributed by atoms with Crippen molar-refractivity contribution in [1.29, 1.82) is 0 Å². The normalized spacial score (nSPS) is 11.0. The highest BCUT2D eigenvalue weighted by Gasteiger charge is 2.13. The van der Waals surface area contributed by atoms with Crippen LogP contribution in [0.15, 0.2) is 24.5 Å². The second kappa shape index (κ2) is 6.35. The van der Waals surface area contributed by atoms with Crippen molar-refractivity contribution in [1.82, 2.24) is 19.6 Å². The third-order valence-corrected chi connectivity index (χ3v) is 3.99. The molecule has 3 rings (SSSR count). The molecule has 0 atom stereocenters. The van der Waals surface area contributed by atoms with Crippen LogP contribution in [0.25, 0.3) is 5.78 Å². The van der Waals surface area contributed by atoms with Gasteiger partial charge in [0, 0.05) is 17.8 Å². The predicted molar refractivity (Wildman–Crippen MR) is 88.3 cm³/mol. The Labute approximate surface area is 138 Å². The zero-order valence-corrected chi connectivity index (χ0v) is 13.8. The molecule has 2 aromatic heterocycles. The Balaban J connectivity index is 1.72. The van der Waals surface area contributed by atoms with Gasteiger partial charge in [0.25, 0.3) is 5.78 Å². The number of hydrogen-bond donors (Lipinski definition) is 1. The molecule has 2 heterocycles. The Morgan fingerprint density at radius 3 is 2.83 bits per heavy atom. The van der Waals surface area contributed by atoms with Gasteiger partial charge < -0.3 is 5.32 Å². The highest BCUT2D eigenvalue weighted by atomic mass is 19.1. The van der Waals surface area contributed by atoms with Crippen molar-refractivity contribution in [3.05, 3.63) is 52.9 Å². The van der Waals surface area contributed by atoms with Crippen molar-refractivity contribution in [3.63, 3.8) is 0 Å². The highest BCUT2D eigenvalue weighted by Crippen LogP contribution is 2.18. The molecule has 0 aliphatic heterocycles. The molecule has 0 fully saturated rings. The Morgan fingerprint density at radius 1 is 1.29 bits per heavy atom. The summed E-state index contributed by atoms with van der Waals surface area (Å²) in [6.07, 6.45) is 2.18. The fourth-order valence-corrected chi connectivity index (χ4v) is 2.69. The van der Waals surface area contributed by atoms with Crippen LogP contribution in [0, 0.1) is 26.6 Å². The number of anilines is 1. The van der Waals surface area contributed by atoms with Crippen LogP contribution in [0.5, 0.6) is 0 Å². The lowest BCUT2D eigenvalue weighted by molar-refractivity contribution is -0.116. The number of aromatic nitrogens is 4. The second-order valence-electron chi connectivity index (χ2n) is 5.76. The van der Waals surface area contributed by atoms with E-state index in [9.17, 15) is 9.18 Å². The maximum Gasteiger partial charge on any atom is 0.252 e. The minimum absolute atomic E-state index is 0.198. The van der Waals surface area contributed by atoms with Gasteiger partial charge in [0.05, 0.1) is 5.69 Å². The largest absolute Gasteiger partial charge is 0.324 e. The van der Waals surface area contributed by atoms with Gasteiger partial charge in [-0.1, -0.05) is 6.07 Å². The van der Waals surface area contributed by atoms with E-state index in [0.29, 0.717) is 12.2 Å². The maximum absolute atomic E-state index is 13.8. The summed E-state index contributed by atoms with van der Waals surface area (Å²) in [5.41, 5.74) is 3.69. The zero-order valence-electron chi connectivity index (χ0n) is 13.8. The van der Waals surface area contributed by atoms with Gasteiger partial charge in [-0.25, -0.2) is 13.9 Å². The third kappa shape index (κ3) is 3.10. The van der Waals surface area contributed by atoms with Crippen LogP contribution >= 0.6 is 0 Å². The molecule has 7 heteroatoms. The van der Waals surface area contributed by atoms with Crippen molar-refractivity contribution in [2.45, 2.75) is 33.6 Å². The van der Waals surface area contributed by atoms with Gasteiger partial charge in [-0.05, 0) is 50.5 Å². The molecule has 0 aliphatic rings. The minimum atomic E-state index is -0.429. The van der Waals surface area contributed by atoms with Gasteiger partial charge in [-0.15, -0.1) is 0 Å². The summed E-state index contributed by atoms with van der Waals surface area (Å²) in [4.78, 5) is 20.6. The molecule has 0 unspecified atom stereocenters. The highest BCUT2D eigenvalue weighted by molar-refractivity contribution is 5.91. The molecule has 3 aromatic rings. The van der Waals surface area contributed by atoms with E-state index in [0.717, 1.165) is 22.5 Å². The first-order chi connectivity index (χ1) is 11.5. The Morgan fingerprint density at radius 2 is 2.08 bits per heavy atom. The number of halogens is 1. The summed E-state index contributed by atoms with van der Waals surface area (Å²) in [6.45, 7) is 5.60. The molecule has 124 valence electrons. The first-order valence-electron chi connectivity index (χ1n) is 7.67. The summed E-state index contributed by atoms with van der Waals surface area (Å²) in [6, 6.07) is 4.73. The van der Waals surface area contributed by atoms with Gasteiger partial charge in [-0.2, -0.15) is 10.1 Å².